The molecule has 0 radical (unpaired) electrons. The minimum absolute atomic E-state index is 0.126. The summed E-state index contributed by atoms with van der Waals surface area (Å²) in [5, 5.41) is 12.4. The molecule has 0 saturated heterocycles. The third-order valence-electron chi connectivity index (χ3n) is 7.78. The largest absolute Gasteiger partial charge is 0.382 e. The maximum Gasteiger partial charge on any atom is 0.257 e. The van der Waals surface area contributed by atoms with E-state index < -0.39 is 11.7 Å². The van der Waals surface area contributed by atoms with E-state index >= 15 is 0 Å². The van der Waals surface area contributed by atoms with Crippen LogP contribution < -0.4 is 5.56 Å². The van der Waals surface area contributed by atoms with E-state index in [1.54, 1.807) is 4.57 Å². The maximum atomic E-state index is 14.6. The first-order valence-electron chi connectivity index (χ1n) is 11.1. The summed E-state index contributed by atoms with van der Waals surface area (Å²) in [4.78, 5) is 18.3. The monoisotopic (exact) mass is 420 g/mol. The molecule has 2 aliphatic heterocycles. The lowest BCUT2D eigenvalue weighted by Crippen LogP contribution is -2.45. The van der Waals surface area contributed by atoms with Crippen LogP contribution in [0.15, 0.2) is 16.9 Å². The van der Waals surface area contributed by atoms with E-state index in [4.69, 9.17) is 9.72 Å². The fraction of sp³-hybridized carbons (Fsp3) is 0.440. The Hall–Kier alpha value is -2.57. The van der Waals surface area contributed by atoms with E-state index in [1.807, 2.05) is 26.8 Å². The van der Waals surface area contributed by atoms with Gasteiger partial charge in [-0.1, -0.05) is 6.92 Å². The summed E-state index contributed by atoms with van der Waals surface area (Å²) < 4.78 is 22.2. The van der Waals surface area contributed by atoms with Crippen molar-refractivity contribution in [1.82, 2.24) is 9.55 Å². The Morgan fingerprint density at radius 3 is 2.81 bits per heavy atom. The molecular weight excluding hydrogens is 395 g/mol. The van der Waals surface area contributed by atoms with Gasteiger partial charge < -0.3 is 14.4 Å². The number of hydrogen-bond donors (Lipinski definition) is 1. The van der Waals surface area contributed by atoms with Crippen molar-refractivity contribution >= 4 is 10.9 Å². The number of fused-ring (bicyclic) bond motifs is 5. The molecule has 0 spiro atoms. The zero-order chi connectivity index (χ0) is 21.7. The standard InChI is InChI=1S/C25H25FN2O3/c1-4-25(30)13(3)31-11-17-18(25)8-21-23-16(10-28(21)24(17)29)15-7-5-6-14-12(2)19(26)9-20(27-23)22(14)15/h8-9,13,30H,4-7,10-11H2,1-3H3/t13?,25-/m1/s1. The molecule has 0 bridgehead atoms. The summed E-state index contributed by atoms with van der Waals surface area (Å²) >= 11 is 0. The van der Waals surface area contributed by atoms with Gasteiger partial charge in [-0.15, -0.1) is 0 Å². The second kappa shape index (κ2) is 6.24. The molecule has 31 heavy (non-hydrogen) atoms. The number of benzene rings is 1. The van der Waals surface area contributed by atoms with Crippen LogP contribution in [0.4, 0.5) is 4.39 Å². The van der Waals surface area contributed by atoms with E-state index in [1.165, 1.54) is 11.6 Å². The normalized spacial score (nSPS) is 23.6. The fourth-order valence-electron chi connectivity index (χ4n) is 5.88. The molecule has 1 unspecified atom stereocenters. The number of nitrogens with zero attached hydrogens (tertiary/aromatic N) is 2. The highest BCUT2D eigenvalue weighted by Crippen LogP contribution is 2.43. The van der Waals surface area contributed by atoms with Gasteiger partial charge in [0.05, 0.1) is 36.2 Å². The van der Waals surface area contributed by atoms with Gasteiger partial charge in [-0.25, -0.2) is 9.37 Å². The van der Waals surface area contributed by atoms with Crippen molar-refractivity contribution in [2.75, 3.05) is 0 Å². The smallest absolute Gasteiger partial charge is 0.257 e. The van der Waals surface area contributed by atoms with Crippen LogP contribution in [0, 0.1) is 12.7 Å². The van der Waals surface area contributed by atoms with E-state index in [0.717, 1.165) is 41.5 Å². The molecule has 2 aromatic heterocycles. The van der Waals surface area contributed by atoms with Crippen molar-refractivity contribution in [3.8, 4) is 11.4 Å². The van der Waals surface area contributed by atoms with Crippen molar-refractivity contribution in [3.05, 3.63) is 61.7 Å². The van der Waals surface area contributed by atoms with Crippen LogP contribution >= 0.6 is 0 Å². The number of hydrogen-bond acceptors (Lipinski definition) is 4. The summed E-state index contributed by atoms with van der Waals surface area (Å²) in [6.45, 7) is 6.24. The third-order valence-corrected chi connectivity index (χ3v) is 7.78. The maximum absolute atomic E-state index is 14.6. The van der Waals surface area contributed by atoms with Crippen molar-refractivity contribution in [1.29, 1.82) is 0 Å². The van der Waals surface area contributed by atoms with E-state index in [0.29, 0.717) is 40.9 Å². The zero-order valence-corrected chi connectivity index (χ0v) is 18.0. The van der Waals surface area contributed by atoms with Gasteiger partial charge in [-0.3, -0.25) is 4.79 Å². The minimum Gasteiger partial charge on any atom is -0.382 e. The SMILES string of the molecule is CC[C@]1(O)c2cc3n(c(=O)c2COC1C)Cc1c-3nc2cc(F)c(C)c3c2c1CCC3. The van der Waals surface area contributed by atoms with Crippen LogP contribution in [-0.2, 0) is 36.3 Å². The van der Waals surface area contributed by atoms with Crippen molar-refractivity contribution in [3.63, 3.8) is 0 Å². The summed E-state index contributed by atoms with van der Waals surface area (Å²) in [5.41, 5.74) is 5.97. The molecule has 6 heteroatoms. The highest BCUT2D eigenvalue weighted by Gasteiger charge is 2.43. The van der Waals surface area contributed by atoms with Gasteiger partial charge in [-0.05, 0) is 67.9 Å². The second-order valence-electron chi connectivity index (χ2n) is 9.17. The molecular formula is C25H25FN2O3. The van der Waals surface area contributed by atoms with E-state index in [-0.39, 0.29) is 18.0 Å². The van der Waals surface area contributed by atoms with Crippen LogP contribution in [0.25, 0.3) is 22.3 Å². The molecule has 1 aromatic carbocycles. The van der Waals surface area contributed by atoms with Gasteiger partial charge in [0.25, 0.3) is 5.56 Å². The molecule has 3 aliphatic rings. The molecule has 1 N–H and O–H groups in total. The molecule has 160 valence electrons. The first-order chi connectivity index (χ1) is 14.8. The average molecular weight is 420 g/mol. The van der Waals surface area contributed by atoms with Gasteiger partial charge in [0, 0.05) is 22.6 Å². The summed E-state index contributed by atoms with van der Waals surface area (Å²) in [6, 6.07) is 3.45. The Morgan fingerprint density at radius 1 is 1.26 bits per heavy atom. The van der Waals surface area contributed by atoms with Crippen LogP contribution in [0.2, 0.25) is 0 Å². The highest BCUT2D eigenvalue weighted by molar-refractivity contribution is 5.92. The third kappa shape index (κ3) is 2.32. The van der Waals surface area contributed by atoms with Crippen molar-refractivity contribution in [2.45, 2.75) is 71.3 Å². The Balaban J connectivity index is 1.68. The van der Waals surface area contributed by atoms with Crippen molar-refractivity contribution in [2.24, 2.45) is 0 Å². The molecule has 0 fully saturated rings. The number of halogens is 1. The molecule has 0 amide bonds. The van der Waals surface area contributed by atoms with Gasteiger partial charge >= 0.3 is 0 Å². The second-order valence-corrected chi connectivity index (χ2v) is 9.17. The summed E-state index contributed by atoms with van der Waals surface area (Å²) in [5.74, 6) is -0.227. The molecule has 2 atom stereocenters. The lowest BCUT2D eigenvalue weighted by molar-refractivity contribution is -0.129. The Bertz CT molecular complexity index is 1360. The predicted molar refractivity (Wildman–Crippen MR) is 116 cm³/mol. The lowest BCUT2D eigenvalue weighted by Gasteiger charge is -2.39. The van der Waals surface area contributed by atoms with E-state index in [9.17, 15) is 14.3 Å². The van der Waals surface area contributed by atoms with Crippen molar-refractivity contribution < 1.29 is 14.2 Å². The Morgan fingerprint density at radius 2 is 2.03 bits per heavy atom. The van der Waals surface area contributed by atoms with Gasteiger partial charge in [0.1, 0.15) is 11.4 Å². The number of ether oxygens (including phenoxy) is 1. The summed E-state index contributed by atoms with van der Waals surface area (Å²) in [7, 11) is 0. The Kier molecular flexibility index (Phi) is 3.85. The summed E-state index contributed by atoms with van der Waals surface area (Å²) in [6.07, 6.45) is 2.76. The minimum atomic E-state index is -1.22. The molecule has 4 heterocycles. The molecule has 3 aromatic rings. The number of aryl methyl sites for hydroxylation is 2. The number of aromatic nitrogens is 2. The van der Waals surface area contributed by atoms with E-state index in [2.05, 4.69) is 0 Å². The topological polar surface area (TPSA) is 64.4 Å². The molecule has 6 rings (SSSR count). The number of aliphatic hydroxyl groups is 1. The number of rotatable bonds is 1. The highest BCUT2D eigenvalue weighted by atomic mass is 19.1. The molecule has 0 saturated carbocycles. The molecule has 1 aliphatic carbocycles. The zero-order valence-electron chi connectivity index (χ0n) is 18.0. The average Bonchev–Trinajstić information content (AvgIpc) is 3.14. The van der Waals surface area contributed by atoms with Crippen LogP contribution in [0.5, 0.6) is 0 Å². The van der Waals surface area contributed by atoms with Gasteiger partial charge in [0.15, 0.2) is 0 Å². The first-order valence-corrected chi connectivity index (χ1v) is 11.1. The fourth-order valence-corrected chi connectivity index (χ4v) is 5.88. The van der Waals surface area contributed by atoms with Gasteiger partial charge in [0.2, 0.25) is 0 Å². The lowest BCUT2D eigenvalue weighted by atomic mass is 9.81. The Labute approximate surface area is 179 Å². The van der Waals surface area contributed by atoms with Crippen LogP contribution in [0.1, 0.15) is 60.1 Å². The quantitative estimate of drug-likeness (QED) is 0.508. The van der Waals surface area contributed by atoms with Crippen LogP contribution in [0.3, 0.4) is 0 Å². The van der Waals surface area contributed by atoms with Gasteiger partial charge in [-0.2, -0.15) is 0 Å². The number of pyridine rings is 2. The van der Waals surface area contributed by atoms with Crippen LogP contribution in [-0.4, -0.2) is 20.8 Å². The first kappa shape index (κ1) is 19.1. The molecule has 5 nitrogen and oxygen atoms in total. The predicted octanol–water partition coefficient (Wildman–Crippen LogP) is 3.88.